The van der Waals surface area contributed by atoms with Crippen molar-refractivity contribution < 1.29 is 19.5 Å². The lowest BCUT2D eigenvalue weighted by atomic mass is 9.77. The van der Waals surface area contributed by atoms with E-state index in [2.05, 4.69) is 10.3 Å². The van der Waals surface area contributed by atoms with E-state index in [1.165, 1.54) is 17.8 Å². The van der Waals surface area contributed by atoms with Crippen LogP contribution in [0, 0.1) is 0 Å². The molecule has 1 amide bonds. The van der Waals surface area contributed by atoms with Gasteiger partial charge in [0.25, 0.3) is 0 Å². The van der Waals surface area contributed by atoms with Gasteiger partial charge in [0.1, 0.15) is 12.3 Å². The largest absolute Gasteiger partial charge is 0.480 e. The molecule has 0 saturated carbocycles. The Balaban J connectivity index is 1.49. The fourth-order valence-electron chi connectivity index (χ4n) is 4.07. The average Bonchev–Trinajstić information content (AvgIpc) is 2.95. The predicted molar refractivity (Wildman–Crippen MR) is 152 cm³/mol. The van der Waals surface area contributed by atoms with Crippen LogP contribution >= 0.6 is 11.8 Å². The van der Waals surface area contributed by atoms with E-state index >= 15 is 0 Å². The second kappa shape index (κ2) is 12.3. The van der Waals surface area contributed by atoms with Crippen LogP contribution in [-0.2, 0) is 19.8 Å². The van der Waals surface area contributed by atoms with Crippen LogP contribution in [-0.4, -0.2) is 45.8 Å². The lowest BCUT2D eigenvalue weighted by molar-refractivity contribution is -0.137. The summed E-state index contributed by atoms with van der Waals surface area (Å²) in [5.74, 6) is -0.824. The standard InChI is InChI=1S/C30H27N3O4S/c31-27(29(36)37)18-38-20-30(19-34,24-4-2-1-3-5-24)25-10-6-21(7-11-25)8-13-28(35)33-26-12-9-23-17-32-15-14-22(23)16-26/h1-17,19,27H,18,20,31H2,(H,33,35)(H,36,37)/b13-8+/t27-,30?/m0/s1. The molecule has 8 heteroatoms. The molecule has 38 heavy (non-hydrogen) atoms. The van der Waals surface area contributed by atoms with Gasteiger partial charge in [0.2, 0.25) is 5.91 Å². The van der Waals surface area contributed by atoms with Crippen LogP contribution < -0.4 is 11.1 Å². The predicted octanol–water partition coefficient (Wildman–Crippen LogP) is 4.52. The number of nitrogens with zero attached hydrogens (tertiary/aromatic N) is 1. The summed E-state index contributed by atoms with van der Waals surface area (Å²) in [6.45, 7) is 0. The zero-order valence-electron chi connectivity index (χ0n) is 20.5. The Kier molecular flexibility index (Phi) is 8.68. The molecule has 2 atom stereocenters. The average molecular weight is 526 g/mol. The number of aliphatic carboxylic acids is 1. The van der Waals surface area contributed by atoms with E-state index < -0.39 is 17.4 Å². The van der Waals surface area contributed by atoms with Gasteiger partial charge in [0.05, 0.1) is 5.41 Å². The van der Waals surface area contributed by atoms with Crippen LogP contribution in [0.25, 0.3) is 16.8 Å². The highest BCUT2D eigenvalue weighted by Crippen LogP contribution is 2.34. The van der Waals surface area contributed by atoms with Crippen LogP contribution in [0.2, 0.25) is 0 Å². The maximum Gasteiger partial charge on any atom is 0.321 e. The molecule has 0 radical (unpaired) electrons. The molecule has 1 unspecified atom stereocenters. The molecule has 4 rings (SSSR count). The number of thioether (sulfide) groups is 1. The molecule has 4 N–H and O–H groups in total. The molecule has 0 fully saturated rings. The highest BCUT2D eigenvalue weighted by atomic mass is 32.2. The molecule has 1 heterocycles. The van der Waals surface area contributed by atoms with Gasteiger partial charge in [-0.1, -0.05) is 60.7 Å². The number of nitrogens with two attached hydrogens (primary N) is 1. The minimum absolute atomic E-state index is 0.182. The summed E-state index contributed by atoms with van der Waals surface area (Å²) in [6, 6.07) is 23.3. The molecule has 4 aromatic rings. The van der Waals surface area contributed by atoms with Gasteiger partial charge in [-0.3, -0.25) is 14.6 Å². The molecule has 1 aromatic heterocycles. The number of carbonyl (C=O) groups is 3. The molecule has 0 bridgehead atoms. The highest BCUT2D eigenvalue weighted by Gasteiger charge is 2.34. The number of hydrogen-bond donors (Lipinski definition) is 3. The van der Waals surface area contributed by atoms with E-state index in [0.29, 0.717) is 11.4 Å². The normalized spacial score (nSPS) is 13.6. The fourth-order valence-corrected chi connectivity index (χ4v) is 5.30. The summed E-state index contributed by atoms with van der Waals surface area (Å²) in [6.07, 6.45) is 7.54. The SMILES string of the molecule is N[C@@H](CSCC(C=O)(c1ccccc1)c1ccc(/C=C/C(=O)Nc2ccc3cnccc3c2)cc1)C(=O)O. The van der Waals surface area contributed by atoms with Gasteiger partial charge in [-0.15, -0.1) is 0 Å². The Hall–Kier alpha value is -4.27. The number of hydrogen-bond acceptors (Lipinski definition) is 6. The Morgan fingerprint density at radius 3 is 2.45 bits per heavy atom. The lowest BCUT2D eigenvalue weighted by Crippen LogP contribution is -2.36. The van der Waals surface area contributed by atoms with E-state index in [9.17, 15) is 14.4 Å². The van der Waals surface area contributed by atoms with Crippen LogP contribution in [0.3, 0.4) is 0 Å². The second-order valence-corrected chi connectivity index (χ2v) is 9.83. The van der Waals surface area contributed by atoms with Gasteiger partial charge in [0.15, 0.2) is 0 Å². The van der Waals surface area contributed by atoms with Gasteiger partial charge in [-0.2, -0.15) is 11.8 Å². The van der Waals surface area contributed by atoms with E-state index in [1.54, 1.807) is 18.5 Å². The highest BCUT2D eigenvalue weighted by molar-refractivity contribution is 7.99. The molecule has 0 aliphatic rings. The van der Waals surface area contributed by atoms with Crippen molar-refractivity contribution in [3.05, 3.63) is 114 Å². The maximum absolute atomic E-state index is 12.6. The number of nitrogens with one attached hydrogen (secondary N) is 1. The monoisotopic (exact) mass is 525 g/mol. The first-order valence-electron chi connectivity index (χ1n) is 11.9. The van der Waals surface area contributed by atoms with Crippen LogP contribution in [0.15, 0.2) is 97.3 Å². The summed E-state index contributed by atoms with van der Waals surface area (Å²) in [5.41, 5.74) is 7.74. The number of aromatic nitrogens is 1. The maximum atomic E-state index is 12.6. The van der Waals surface area contributed by atoms with Crippen molar-refractivity contribution in [3.63, 3.8) is 0 Å². The van der Waals surface area contributed by atoms with Gasteiger partial charge in [-0.25, -0.2) is 0 Å². The Bertz CT molecular complexity index is 1460. The number of carboxylic acids is 1. The summed E-state index contributed by atoms with van der Waals surface area (Å²) >= 11 is 1.32. The van der Waals surface area contributed by atoms with E-state index in [1.807, 2.05) is 78.9 Å². The topological polar surface area (TPSA) is 122 Å². The van der Waals surface area contributed by atoms with Gasteiger partial charge in [-0.05, 0) is 46.4 Å². The molecular weight excluding hydrogens is 498 g/mol. The number of carboxylic acid groups (broad SMARTS) is 1. The third-order valence-corrected chi connectivity index (χ3v) is 7.45. The molecule has 192 valence electrons. The summed E-state index contributed by atoms with van der Waals surface area (Å²) in [5, 5.41) is 13.9. The quantitative estimate of drug-likeness (QED) is 0.194. The molecule has 7 nitrogen and oxygen atoms in total. The summed E-state index contributed by atoms with van der Waals surface area (Å²) < 4.78 is 0. The van der Waals surface area contributed by atoms with Crippen LogP contribution in [0.1, 0.15) is 16.7 Å². The van der Waals surface area contributed by atoms with E-state index in [-0.39, 0.29) is 11.7 Å². The first kappa shape index (κ1) is 26.8. The Morgan fingerprint density at radius 1 is 1.00 bits per heavy atom. The van der Waals surface area contributed by atoms with Crippen molar-refractivity contribution in [1.29, 1.82) is 0 Å². The van der Waals surface area contributed by atoms with Crippen molar-refractivity contribution in [2.75, 3.05) is 16.8 Å². The van der Waals surface area contributed by atoms with Crippen LogP contribution in [0.4, 0.5) is 5.69 Å². The van der Waals surface area contributed by atoms with E-state index in [4.69, 9.17) is 10.8 Å². The number of amides is 1. The molecule has 3 aromatic carbocycles. The molecular formula is C30H27N3O4S. The molecule has 0 aliphatic heterocycles. The van der Waals surface area contributed by atoms with Crippen molar-refractivity contribution in [2.45, 2.75) is 11.5 Å². The number of carbonyl (C=O) groups excluding carboxylic acids is 2. The summed E-state index contributed by atoms with van der Waals surface area (Å²) in [7, 11) is 0. The smallest absolute Gasteiger partial charge is 0.321 e. The number of rotatable bonds is 11. The van der Waals surface area contributed by atoms with Crippen molar-refractivity contribution in [1.82, 2.24) is 4.98 Å². The van der Waals surface area contributed by atoms with Gasteiger partial charge >= 0.3 is 5.97 Å². The summed E-state index contributed by atoms with van der Waals surface area (Å²) in [4.78, 5) is 40.3. The molecule has 0 aliphatic carbocycles. The van der Waals surface area contributed by atoms with Gasteiger partial charge < -0.3 is 21.0 Å². The zero-order valence-corrected chi connectivity index (χ0v) is 21.3. The Morgan fingerprint density at radius 2 is 1.74 bits per heavy atom. The minimum atomic E-state index is -1.08. The zero-order chi connectivity index (χ0) is 27.0. The molecule has 0 spiro atoms. The third-order valence-electron chi connectivity index (χ3n) is 6.20. The lowest BCUT2D eigenvalue weighted by Gasteiger charge is -2.29. The van der Waals surface area contributed by atoms with Crippen molar-refractivity contribution >= 4 is 52.5 Å². The first-order chi connectivity index (χ1) is 18.4. The van der Waals surface area contributed by atoms with E-state index in [0.717, 1.165) is 33.7 Å². The number of pyridine rings is 1. The fraction of sp³-hybridized carbons (Fsp3) is 0.133. The van der Waals surface area contributed by atoms with Crippen molar-refractivity contribution in [2.24, 2.45) is 5.73 Å². The number of benzene rings is 3. The second-order valence-electron chi connectivity index (χ2n) is 8.80. The van der Waals surface area contributed by atoms with Crippen LogP contribution in [0.5, 0.6) is 0 Å². The first-order valence-corrected chi connectivity index (χ1v) is 13.1. The number of anilines is 1. The third kappa shape index (κ3) is 6.34. The Labute approximate surface area is 224 Å². The van der Waals surface area contributed by atoms with Gasteiger partial charge in [0, 0.05) is 41.0 Å². The number of aldehydes is 1. The molecule has 0 saturated heterocycles. The van der Waals surface area contributed by atoms with Crippen molar-refractivity contribution in [3.8, 4) is 0 Å². The number of fused-ring (bicyclic) bond motifs is 1. The minimum Gasteiger partial charge on any atom is -0.480 e.